The summed E-state index contributed by atoms with van der Waals surface area (Å²) >= 11 is 0. The molecule has 192 valence electrons. The normalized spacial score (nSPS) is 17.4. The minimum Gasteiger partial charge on any atom is -0.438 e. The van der Waals surface area contributed by atoms with E-state index in [1.165, 1.54) is 25.0 Å². The summed E-state index contributed by atoms with van der Waals surface area (Å²) in [6, 6.07) is 16.0. The van der Waals surface area contributed by atoms with Gasteiger partial charge in [-0.3, -0.25) is 9.80 Å². The second kappa shape index (κ2) is 11.5. The lowest BCUT2D eigenvalue weighted by molar-refractivity contribution is 0.00585. The summed E-state index contributed by atoms with van der Waals surface area (Å²) in [5.74, 6) is 1.32. The first kappa shape index (κ1) is 24.9. The van der Waals surface area contributed by atoms with Gasteiger partial charge in [-0.25, -0.2) is 9.07 Å². The molecule has 5 rings (SSSR count). The van der Waals surface area contributed by atoms with Crippen molar-refractivity contribution in [2.24, 2.45) is 5.92 Å². The summed E-state index contributed by atoms with van der Waals surface area (Å²) in [6.07, 6.45) is 1.99. The van der Waals surface area contributed by atoms with Gasteiger partial charge in [0.2, 0.25) is 5.88 Å². The average Bonchev–Trinajstić information content (AvgIpc) is 3.64. The molecule has 1 aliphatic carbocycles. The van der Waals surface area contributed by atoms with Crippen LogP contribution < -0.4 is 4.74 Å². The number of morpholine rings is 1. The van der Waals surface area contributed by atoms with Crippen LogP contribution in [0.5, 0.6) is 11.6 Å². The Balaban J connectivity index is 1.40. The van der Waals surface area contributed by atoms with Gasteiger partial charge >= 0.3 is 0 Å². The highest BCUT2D eigenvalue weighted by atomic mass is 19.1. The molecule has 7 nitrogen and oxygen atoms in total. The Bertz CT molecular complexity index is 1130. The molecule has 1 saturated heterocycles. The van der Waals surface area contributed by atoms with Crippen LogP contribution in [0.1, 0.15) is 24.1 Å². The van der Waals surface area contributed by atoms with E-state index in [2.05, 4.69) is 9.80 Å². The molecule has 0 bridgehead atoms. The topological polar surface area (TPSA) is 63.0 Å². The maximum Gasteiger partial charge on any atom is 0.227 e. The zero-order valence-corrected chi connectivity index (χ0v) is 20.9. The third-order valence-corrected chi connectivity index (χ3v) is 6.79. The van der Waals surface area contributed by atoms with Gasteiger partial charge in [-0.05, 0) is 49.9 Å². The van der Waals surface area contributed by atoms with Crippen molar-refractivity contribution >= 4 is 0 Å². The number of aliphatic hydroxyl groups excluding tert-OH is 1. The zero-order chi connectivity index (χ0) is 24.9. The molecule has 2 heterocycles. The van der Waals surface area contributed by atoms with Crippen LogP contribution >= 0.6 is 0 Å². The Hall–Kier alpha value is -2.78. The summed E-state index contributed by atoms with van der Waals surface area (Å²) in [7, 11) is 0. The fourth-order valence-corrected chi connectivity index (χ4v) is 4.74. The minimum absolute atomic E-state index is 0.349. The molecule has 0 radical (unpaired) electrons. The van der Waals surface area contributed by atoms with E-state index in [9.17, 15) is 9.50 Å². The monoisotopic (exact) mass is 494 g/mol. The third kappa shape index (κ3) is 6.50. The average molecular weight is 495 g/mol. The highest BCUT2D eigenvalue weighted by molar-refractivity contribution is 5.43. The largest absolute Gasteiger partial charge is 0.438 e. The first-order valence-corrected chi connectivity index (χ1v) is 12.8. The maximum atomic E-state index is 13.9. The summed E-state index contributed by atoms with van der Waals surface area (Å²) in [6.45, 7) is 7.86. The molecule has 0 unspecified atom stereocenters. The molecule has 1 saturated carbocycles. The van der Waals surface area contributed by atoms with Gasteiger partial charge in [0.05, 0.1) is 36.3 Å². The number of ether oxygens (including phenoxy) is 2. The van der Waals surface area contributed by atoms with Crippen molar-refractivity contribution in [3.05, 3.63) is 71.7 Å². The molecule has 0 spiro atoms. The van der Waals surface area contributed by atoms with E-state index in [4.69, 9.17) is 14.6 Å². The molecule has 2 aliphatic rings. The minimum atomic E-state index is -0.459. The summed E-state index contributed by atoms with van der Waals surface area (Å²) < 4.78 is 27.5. The molecular weight excluding hydrogens is 459 g/mol. The predicted molar refractivity (Wildman–Crippen MR) is 136 cm³/mol. The number of rotatable bonds is 11. The van der Waals surface area contributed by atoms with Crippen LogP contribution in [0.4, 0.5) is 4.39 Å². The number of hydrogen-bond acceptors (Lipinski definition) is 6. The number of benzene rings is 2. The summed E-state index contributed by atoms with van der Waals surface area (Å²) in [5.41, 5.74) is 2.68. The number of β-amino-alcohol motifs (C(OH)–C–C–N with tert-alkyl or cyclic N) is 1. The van der Waals surface area contributed by atoms with Crippen molar-refractivity contribution in [3.8, 4) is 17.3 Å². The lowest BCUT2D eigenvalue weighted by Gasteiger charge is -2.31. The molecular formula is C28H35FN4O3. The SMILES string of the molecule is Cc1nn(-c2ccccc2)c(Oc2cccc(F)c2)c1CN(CC1CC1)C[C@@H](O)CN1CCOCC1. The Labute approximate surface area is 212 Å². The van der Waals surface area contributed by atoms with Crippen molar-refractivity contribution < 1.29 is 19.0 Å². The molecule has 1 aliphatic heterocycles. The van der Waals surface area contributed by atoms with Crippen molar-refractivity contribution in [3.63, 3.8) is 0 Å². The molecule has 1 aromatic heterocycles. The number of aromatic nitrogens is 2. The highest BCUT2D eigenvalue weighted by Gasteiger charge is 2.29. The van der Waals surface area contributed by atoms with E-state index < -0.39 is 6.10 Å². The molecule has 2 fully saturated rings. The van der Waals surface area contributed by atoms with E-state index in [0.717, 1.165) is 49.8 Å². The second-order valence-electron chi connectivity index (χ2n) is 9.88. The van der Waals surface area contributed by atoms with Crippen molar-refractivity contribution in [1.82, 2.24) is 19.6 Å². The molecule has 0 amide bonds. The Morgan fingerprint density at radius 3 is 2.64 bits per heavy atom. The molecule has 8 heteroatoms. The highest BCUT2D eigenvalue weighted by Crippen LogP contribution is 2.34. The predicted octanol–water partition coefficient (Wildman–Crippen LogP) is 4.02. The molecule has 2 aromatic carbocycles. The van der Waals surface area contributed by atoms with Gasteiger partial charge in [-0.15, -0.1) is 0 Å². The number of para-hydroxylation sites is 1. The maximum absolute atomic E-state index is 13.9. The van der Waals surface area contributed by atoms with Gasteiger partial charge in [0.15, 0.2) is 0 Å². The van der Waals surface area contributed by atoms with E-state index in [-0.39, 0.29) is 5.82 Å². The van der Waals surface area contributed by atoms with Crippen LogP contribution in [0.15, 0.2) is 54.6 Å². The number of aryl methyl sites for hydroxylation is 1. The smallest absolute Gasteiger partial charge is 0.227 e. The summed E-state index contributed by atoms with van der Waals surface area (Å²) in [5, 5.41) is 15.8. The first-order valence-electron chi connectivity index (χ1n) is 12.8. The van der Waals surface area contributed by atoms with Crippen LogP contribution in [-0.2, 0) is 11.3 Å². The fraction of sp³-hybridized carbons (Fsp3) is 0.464. The Morgan fingerprint density at radius 2 is 1.92 bits per heavy atom. The van der Waals surface area contributed by atoms with Gasteiger partial charge in [-0.2, -0.15) is 5.10 Å². The van der Waals surface area contributed by atoms with Gasteiger partial charge in [0, 0.05) is 45.3 Å². The Morgan fingerprint density at radius 1 is 1.14 bits per heavy atom. The van der Waals surface area contributed by atoms with Gasteiger partial charge in [-0.1, -0.05) is 24.3 Å². The third-order valence-electron chi connectivity index (χ3n) is 6.79. The van der Waals surface area contributed by atoms with Crippen LogP contribution in [0.2, 0.25) is 0 Å². The zero-order valence-electron chi connectivity index (χ0n) is 20.9. The van der Waals surface area contributed by atoms with Crippen molar-refractivity contribution in [2.45, 2.75) is 32.4 Å². The Kier molecular flexibility index (Phi) is 7.96. The van der Waals surface area contributed by atoms with Gasteiger partial charge in [0.25, 0.3) is 0 Å². The lowest BCUT2D eigenvalue weighted by atomic mass is 10.2. The molecule has 36 heavy (non-hydrogen) atoms. The van der Waals surface area contributed by atoms with Gasteiger partial charge in [0.1, 0.15) is 11.6 Å². The van der Waals surface area contributed by atoms with E-state index in [0.29, 0.717) is 37.2 Å². The number of aliphatic hydroxyl groups is 1. The van der Waals surface area contributed by atoms with Crippen molar-refractivity contribution in [2.75, 3.05) is 45.9 Å². The van der Waals surface area contributed by atoms with E-state index >= 15 is 0 Å². The molecule has 1 atom stereocenters. The van der Waals surface area contributed by atoms with Crippen LogP contribution in [0, 0.1) is 18.7 Å². The molecule has 3 aromatic rings. The van der Waals surface area contributed by atoms with E-state index in [1.54, 1.807) is 16.8 Å². The molecule has 1 N–H and O–H groups in total. The second-order valence-corrected chi connectivity index (χ2v) is 9.88. The quantitative estimate of drug-likeness (QED) is 0.435. The van der Waals surface area contributed by atoms with E-state index in [1.807, 2.05) is 37.3 Å². The lowest BCUT2D eigenvalue weighted by Crippen LogP contribution is -2.44. The van der Waals surface area contributed by atoms with Crippen LogP contribution in [0.25, 0.3) is 5.69 Å². The fourth-order valence-electron chi connectivity index (χ4n) is 4.74. The number of nitrogens with zero attached hydrogens (tertiary/aromatic N) is 4. The van der Waals surface area contributed by atoms with Gasteiger partial charge < -0.3 is 14.6 Å². The van der Waals surface area contributed by atoms with Crippen molar-refractivity contribution in [1.29, 1.82) is 0 Å². The first-order chi connectivity index (χ1) is 17.5. The van der Waals surface area contributed by atoms with Crippen LogP contribution in [-0.4, -0.2) is 76.7 Å². The number of halogens is 1. The van der Waals surface area contributed by atoms with Crippen LogP contribution in [0.3, 0.4) is 0 Å². The number of hydrogen-bond donors (Lipinski definition) is 1. The standard InChI is InChI=1S/C28H35FN4O3/c1-21-27(20-32(17-22-10-11-22)19-25(34)18-31-12-14-35-15-13-31)28(36-26-9-5-6-23(29)16-26)33(30-21)24-7-3-2-4-8-24/h2-9,16,22,25,34H,10-15,17-20H2,1H3/t25-/m0/s1. The summed E-state index contributed by atoms with van der Waals surface area (Å²) in [4.78, 5) is 4.58.